The minimum absolute atomic E-state index is 0.0364. The third-order valence-corrected chi connectivity index (χ3v) is 3.13. The molecule has 98 valence electrons. The van der Waals surface area contributed by atoms with Crippen LogP contribution in [0.15, 0.2) is 0 Å². The lowest BCUT2D eigenvalue weighted by Crippen LogP contribution is -2.35. The SMILES string of the molecule is CC(CN)CCC(=O)N(CCC(=O)O)C1CC1. The summed E-state index contributed by atoms with van der Waals surface area (Å²) in [5.41, 5.74) is 5.50. The number of nitrogens with zero attached hydrogens (tertiary/aromatic N) is 1. The van der Waals surface area contributed by atoms with Gasteiger partial charge in [-0.3, -0.25) is 9.59 Å². The maximum atomic E-state index is 11.9. The molecular formula is C12H22N2O3. The Bertz CT molecular complexity index is 277. The molecular weight excluding hydrogens is 220 g/mol. The van der Waals surface area contributed by atoms with Gasteiger partial charge in [-0.05, 0) is 31.7 Å². The van der Waals surface area contributed by atoms with E-state index >= 15 is 0 Å². The molecule has 17 heavy (non-hydrogen) atoms. The van der Waals surface area contributed by atoms with Crippen molar-refractivity contribution in [3.63, 3.8) is 0 Å². The molecule has 0 radical (unpaired) electrons. The molecule has 0 aliphatic heterocycles. The van der Waals surface area contributed by atoms with Gasteiger partial charge in [-0.2, -0.15) is 0 Å². The molecule has 1 saturated carbocycles. The molecule has 1 amide bonds. The van der Waals surface area contributed by atoms with Gasteiger partial charge in [-0.25, -0.2) is 0 Å². The van der Waals surface area contributed by atoms with E-state index < -0.39 is 5.97 Å². The van der Waals surface area contributed by atoms with Crippen LogP contribution in [-0.4, -0.2) is 41.0 Å². The van der Waals surface area contributed by atoms with Gasteiger partial charge in [-0.15, -0.1) is 0 Å². The zero-order chi connectivity index (χ0) is 12.8. The fourth-order valence-electron chi connectivity index (χ4n) is 1.74. The van der Waals surface area contributed by atoms with E-state index in [-0.39, 0.29) is 18.4 Å². The van der Waals surface area contributed by atoms with Crippen LogP contribution < -0.4 is 5.73 Å². The quantitative estimate of drug-likeness (QED) is 0.660. The van der Waals surface area contributed by atoms with E-state index in [1.807, 2.05) is 6.92 Å². The van der Waals surface area contributed by atoms with Gasteiger partial charge < -0.3 is 15.7 Å². The number of rotatable bonds is 8. The number of hydrogen-bond donors (Lipinski definition) is 2. The number of nitrogens with two attached hydrogens (primary N) is 1. The van der Waals surface area contributed by atoms with E-state index in [0.717, 1.165) is 19.3 Å². The normalized spacial score (nSPS) is 16.6. The molecule has 0 heterocycles. The number of carbonyl (C=O) groups excluding carboxylic acids is 1. The van der Waals surface area contributed by atoms with E-state index in [1.165, 1.54) is 0 Å². The fraction of sp³-hybridized carbons (Fsp3) is 0.833. The summed E-state index contributed by atoms with van der Waals surface area (Å²) in [5, 5.41) is 8.65. The molecule has 1 unspecified atom stereocenters. The van der Waals surface area contributed by atoms with Gasteiger partial charge in [0.2, 0.25) is 5.91 Å². The van der Waals surface area contributed by atoms with E-state index in [9.17, 15) is 9.59 Å². The molecule has 0 saturated heterocycles. The summed E-state index contributed by atoms with van der Waals surface area (Å²) in [5.74, 6) is -0.424. The van der Waals surface area contributed by atoms with Crippen molar-refractivity contribution >= 4 is 11.9 Å². The number of amides is 1. The fourth-order valence-corrected chi connectivity index (χ4v) is 1.74. The molecule has 1 atom stereocenters. The summed E-state index contributed by atoms with van der Waals surface area (Å²) in [7, 11) is 0. The molecule has 3 N–H and O–H groups in total. The zero-order valence-electron chi connectivity index (χ0n) is 10.4. The first-order valence-electron chi connectivity index (χ1n) is 6.26. The van der Waals surface area contributed by atoms with Crippen molar-refractivity contribution in [3.8, 4) is 0 Å². The summed E-state index contributed by atoms with van der Waals surface area (Å²) in [6, 6.07) is 0.287. The molecule has 5 heteroatoms. The maximum absolute atomic E-state index is 11.9. The molecule has 0 aromatic carbocycles. The average molecular weight is 242 g/mol. The molecule has 0 bridgehead atoms. The Morgan fingerprint density at radius 2 is 2.06 bits per heavy atom. The second-order valence-electron chi connectivity index (χ2n) is 4.84. The van der Waals surface area contributed by atoms with Crippen LogP contribution >= 0.6 is 0 Å². The van der Waals surface area contributed by atoms with Crippen molar-refractivity contribution in [2.75, 3.05) is 13.1 Å². The van der Waals surface area contributed by atoms with Crippen LogP contribution in [0.1, 0.15) is 39.0 Å². The lowest BCUT2D eigenvalue weighted by molar-refractivity contribution is -0.138. The van der Waals surface area contributed by atoms with Crippen LogP contribution in [0.2, 0.25) is 0 Å². The molecule has 1 aliphatic carbocycles. The van der Waals surface area contributed by atoms with Gasteiger partial charge in [-0.1, -0.05) is 6.92 Å². The molecule has 5 nitrogen and oxygen atoms in total. The molecule has 0 aromatic heterocycles. The molecule has 1 aliphatic rings. The Hall–Kier alpha value is -1.10. The van der Waals surface area contributed by atoms with Crippen LogP contribution in [-0.2, 0) is 9.59 Å². The van der Waals surface area contributed by atoms with Crippen LogP contribution in [0.3, 0.4) is 0 Å². The Kier molecular flexibility index (Phi) is 5.41. The summed E-state index contributed by atoms with van der Waals surface area (Å²) in [6.07, 6.45) is 3.32. The minimum Gasteiger partial charge on any atom is -0.481 e. The Morgan fingerprint density at radius 3 is 2.53 bits per heavy atom. The lowest BCUT2D eigenvalue weighted by Gasteiger charge is -2.22. The Balaban J connectivity index is 2.35. The predicted octanol–water partition coefficient (Wildman–Crippen LogP) is 0.827. The first-order valence-corrected chi connectivity index (χ1v) is 6.26. The molecule has 0 aromatic rings. The molecule has 1 fully saturated rings. The molecule has 1 rings (SSSR count). The van der Waals surface area contributed by atoms with Crippen LogP contribution in [0.5, 0.6) is 0 Å². The minimum atomic E-state index is -0.848. The highest BCUT2D eigenvalue weighted by atomic mass is 16.4. The van der Waals surface area contributed by atoms with E-state index in [1.54, 1.807) is 4.90 Å². The smallest absolute Gasteiger partial charge is 0.305 e. The van der Waals surface area contributed by atoms with Crippen molar-refractivity contribution < 1.29 is 14.7 Å². The van der Waals surface area contributed by atoms with E-state index in [4.69, 9.17) is 10.8 Å². The van der Waals surface area contributed by atoms with E-state index in [2.05, 4.69) is 0 Å². The highest BCUT2D eigenvalue weighted by Gasteiger charge is 2.32. The van der Waals surface area contributed by atoms with Gasteiger partial charge in [0, 0.05) is 19.0 Å². The summed E-state index contributed by atoms with van der Waals surface area (Å²) in [4.78, 5) is 24.2. The largest absolute Gasteiger partial charge is 0.481 e. The summed E-state index contributed by atoms with van der Waals surface area (Å²) < 4.78 is 0. The Morgan fingerprint density at radius 1 is 1.41 bits per heavy atom. The topological polar surface area (TPSA) is 83.6 Å². The number of aliphatic carboxylic acids is 1. The first kappa shape index (κ1) is 14.0. The van der Waals surface area contributed by atoms with Crippen molar-refractivity contribution in [1.29, 1.82) is 0 Å². The summed E-state index contributed by atoms with van der Waals surface area (Å²) >= 11 is 0. The Labute approximate surface area is 102 Å². The van der Waals surface area contributed by atoms with Gasteiger partial charge in [0.15, 0.2) is 0 Å². The second kappa shape index (κ2) is 6.59. The average Bonchev–Trinajstić information content (AvgIpc) is 3.09. The van der Waals surface area contributed by atoms with E-state index in [0.29, 0.717) is 25.4 Å². The van der Waals surface area contributed by atoms with Crippen molar-refractivity contribution in [3.05, 3.63) is 0 Å². The van der Waals surface area contributed by atoms with Gasteiger partial charge >= 0.3 is 5.97 Å². The maximum Gasteiger partial charge on any atom is 0.305 e. The van der Waals surface area contributed by atoms with Crippen LogP contribution in [0.25, 0.3) is 0 Å². The lowest BCUT2D eigenvalue weighted by atomic mass is 10.1. The van der Waals surface area contributed by atoms with Crippen LogP contribution in [0.4, 0.5) is 0 Å². The van der Waals surface area contributed by atoms with Crippen LogP contribution in [0, 0.1) is 5.92 Å². The van der Waals surface area contributed by atoms with Crippen molar-refractivity contribution in [2.45, 2.75) is 45.1 Å². The van der Waals surface area contributed by atoms with Gasteiger partial charge in [0.25, 0.3) is 0 Å². The predicted molar refractivity (Wildman–Crippen MR) is 64.4 cm³/mol. The van der Waals surface area contributed by atoms with Crippen molar-refractivity contribution in [1.82, 2.24) is 4.90 Å². The van der Waals surface area contributed by atoms with Gasteiger partial charge in [0.1, 0.15) is 0 Å². The zero-order valence-corrected chi connectivity index (χ0v) is 10.4. The highest BCUT2D eigenvalue weighted by molar-refractivity contribution is 5.77. The number of carbonyl (C=O) groups is 2. The standard InChI is InChI=1S/C12H22N2O3/c1-9(8-13)2-5-11(15)14(10-3-4-10)7-6-12(16)17/h9-10H,2-8,13H2,1H3,(H,16,17). The number of carboxylic acid groups (broad SMARTS) is 1. The second-order valence-corrected chi connectivity index (χ2v) is 4.84. The number of hydrogen-bond acceptors (Lipinski definition) is 3. The van der Waals surface area contributed by atoms with Gasteiger partial charge in [0.05, 0.1) is 6.42 Å². The number of carboxylic acids is 1. The van der Waals surface area contributed by atoms with Crippen molar-refractivity contribution in [2.24, 2.45) is 11.7 Å². The summed E-state index contributed by atoms with van der Waals surface area (Å²) in [6.45, 7) is 2.95. The monoisotopic (exact) mass is 242 g/mol. The highest BCUT2D eigenvalue weighted by Crippen LogP contribution is 2.28. The molecule has 0 spiro atoms. The third kappa shape index (κ3) is 5.17. The first-order chi connectivity index (χ1) is 8.04. The third-order valence-electron chi connectivity index (χ3n) is 3.13.